The number of nitrogens with zero attached hydrogens (tertiary/aromatic N) is 2. The van der Waals surface area contributed by atoms with Gasteiger partial charge in [-0.3, -0.25) is 9.59 Å². The molecule has 0 aliphatic carbocycles. The normalized spacial score (nSPS) is 17.1. The van der Waals surface area contributed by atoms with Gasteiger partial charge in [0.1, 0.15) is 5.82 Å². The van der Waals surface area contributed by atoms with Crippen molar-refractivity contribution in [3.63, 3.8) is 0 Å². The number of carbonyl (C=O) groups is 2. The van der Waals surface area contributed by atoms with Crippen molar-refractivity contribution < 1.29 is 23.5 Å². The van der Waals surface area contributed by atoms with Gasteiger partial charge in [0, 0.05) is 37.9 Å². The molecule has 1 aliphatic heterocycles. The molecule has 1 fully saturated rings. The summed E-state index contributed by atoms with van der Waals surface area (Å²) < 4.78 is 18.7. The zero-order chi connectivity index (χ0) is 19.2. The largest absolute Gasteiger partial charge is 0.481 e. The second kappa shape index (κ2) is 8.79. The summed E-state index contributed by atoms with van der Waals surface area (Å²) in [5, 5.41) is 8.81. The van der Waals surface area contributed by atoms with Crippen LogP contribution in [0.2, 0.25) is 0 Å². The summed E-state index contributed by atoms with van der Waals surface area (Å²) in [6.45, 7) is 1.34. The highest BCUT2D eigenvalue weighted by molar-refractivity contribution is 5.76. The maximum atomic E-state index is 13.0. The number of halogens is 1. The SMILES string of the molecule is O=C(O)CC[C@H]1CCCN(C(=O)CCc2ncc(-c3ccc(F)cc3)o2)C1. The van der Waals surface area contributed by atoms with Crippen molar-refractivity contribution >= 4 is 11.9 Å². The molecule has 144 valence electrons. The Morgan fingerprint density at radius 1 is 1.26 bits per heavy atom. The number of piperidine rings is 1. The van der Waals surface area contributed by atoms with Crippen LogP contribution in [-0.2, 0) is 16.0 Å². The fraction of sp³-hybridized carbons (Fsp3) is 0.450. The van der Waals surface area contributed by atoms with E-state index in [1.165, 1.54) is 12.1 Å². The molecular weight excluding hydrogens is 351 g/mol. The van der Waals surface area contributed by atoms with Gasteiger partial charge in [-0.25, -0.2) is 9.37 Å². The van der Waals surface area contributed by atoms with Crippen LogP contribution in [0.1, 0.15) is 38.0 Å². The Balaban J connectivity index is 1.50. The van der Waals surface area contributed by atoms with Crippen molar-refractivity contribution in [2.75, 3.05) is 13.1 Å². The molecule has 3 rings (SSSR count). The van der Waals surface area contributed by atoms with Crippen molar-refractivity contribution in [3.05, 3.63) is 42.2 Å². The van der Waals surface area contributed by atoms with Gasteiger partial charge in [-0.2, -0.15) is 0 Å². The number of carbonyl (C=O) groups excluding carboxylic acids is 1. The summed E-state index contributed by atoms with van der Waals surface area (Å²) in [5.74, 6) is 0.208. The van der Waals surface area contributed by atoms with Gasteiger partial charge in [0.2, 0.25) is 5.91 Å². The van der Waals surface area contributed by atoms with Crippen LogP contribution in [0.5, 0.6) is 0 Å². The lowest BCUT2D eigenvalue weighted by Crippen LogP contribution is -2.40. The molecule has 2 aromatic rings. The Morgan fingerprint density at radius 3 is 2.78 bits per heavy atom. The minimum Gasteiger partial charge on any atom is -0.481 e. The number of aliphatic carboxylic acids is 1. The third-order valence-corrected chi connectivity index (χ3v) is 4.87. The second-order valence-corrected chi connectivity index (χ2v) is 6.91. The minimum atomic E-state index is -0.792. The van der Waals surface area contributed by atoms with E-state index in [4.69, 9.17) is 9.52 Å². The highest BCUT2D eigenvalue weighted by Gasteiger charge is 2.24. The van der Waals surface area contributed by atoms with Crippen molar-refractivity contribution in [1.82, 2.24) is 9.88 Å². The van der Waals surface area contributed by atoms with Gasteiger partial charge in [-0.05, 0) is 49.4 Å². The van der Waals surface area contributed by atoms with Crippen LogP contribution in [0, 0.1) is 11.7 Å². The van der Waals surface area contributed by atoms with E-state index in [-0.39, 0.29) is 24.1 Å². The summed E-state index contributed by atoms with van der Waals surface area (Å²) in [6, 6.07) is 5.96. The Morgan fingerprint density at radius 2 is 2.04 bits per heavy atom. The van der Waals surface area contributed by atoms with Crippen LogP contribution < -0.4 is 0 Å². The van der Waals surface area contributed by atoms with Crippen LogP contribution >= 0.6 is 0 Å². The van der Waals surface area contributed by atoms with Crippen LogP contribution in [-0.4, -0.2) is 40.0 Å². The van der Waals surface area contributed by atoms with E-state index < -0.39 is 5.97 Å². The molecule has 0 spiro atoms. The van der Waals surface area contributed by atoms with Crippen molar-refractivity contribution in [3.8, 4) is 11.3 Å². The number of carboxylic acids is 1. The zero-order valence-corrected chi connectivity index (χ0v) is 15.1. The predicted molar refractivity (Wildman–Crippen MR) is 96.4 cm³/mol. The lowest BCUT2D eigenvalue weighted by atomic mass is 9.93. The highest BCUT2D eigenvalue weighted by atomic mass is 19.1. The van der Waals surface area contributed by atoms with Gasteiger partial charge in [-0.15, -0.1) is 0 Å². The predicted octanol–water partition coefficient (Wildman–Crippen LogP) is 3.52. The second-order valence-electron chi connectivity index (χ2n) is 6.91. The first-order valence-corrected chi connectivity index (χ1v) is 9.21. The van der Waals surface area contributed by atoms with Gasteiger partial charge in [0.25, 0.3) is 0 Å². The molecule has 0 saturated carbocycles. The van der Waals surface area contributed by atoms with Crippen LogP contribution in [0.15, 0.2) is 34.9 Å². The third-order valence-electron chi connectivity index (χ3n) is 4.87. The van der Waals surface area contributed by atoms with Gasteiger partial charge < -0.3 is 14.4 Å². The maximum Gasteiger partial charge on any atom is 0.303 e. The molecule has 1 aromatic carbocycles. The van der Waals surface area contributed by atoms with Gasteiger partial charge in [-0.1, -0.05) is 0 Å². The topological polar surface area (TPSA) is 83.6 Å². The Labute approximate surface area is 157 Å². The number of aryl methyl sites for hydroxylation is 1. The highest BCUT2D eigenvalue weighted by Crippen LogP contribution is 2.23. The van der Waals surface area contributed by atoms with Gasteiger partial charge >= 0.3 is 5.97 Å². The standard InChI is InChI=1S/C20H23FN2O4/c21-16-6-4-15(5-7-16)17-12-22-18(27-17)8-9-19(24)23-11-1-2-14(13-23)3-10-20(25)26/h4-7,12,14H,1-3,8-11,13H2,(H,25,26)/t14-/m1/s1. The first kappa shape index (κ1) is 19.1. The molecule has 7 heteroatoms. The molecule has 2 heterocycles. The Bertz CT molecular complexity index is 788. The number of amides is 1. The molecule has 27 heavy (non-hydrogen) atoms. The molecule has 1 amide bonds. The molecule has 1 aromatic heterocycles. The molecule has 6 nitrogen and oxygen atoms in total. The van der Waals surface area contributed by atoms with E-state index in [2.05, 4.69) is 4.98 Å². The number of hydrogen-bond donors (Lipinski definition) is 1. The van der Waals surface area contributed by atoms with E-state index in [0.29, 0.717) is 37.5 Å². The molecule has 1 aliphatic rings. The molecule has 1 N–H and O–H groups in total. The molecule has 0 radical (unpaired) electrons. The monoisotopic (exact) mass is 374 g/mol. The van der Waals surface area contributed by atoms with E-state index in [1.807, 2.05) is 4.90 Å². The Kier molecular flexibility index (Phi) is 6.21. The third kappa shape index (κ3) is 5.39. The quantitative estimate of drug-likeness (QED) is 0.802. The summed E-state index contributed by atoms with van der Waals surface area (Å²) in [6.07, 6.45) is 4.91. The average molecular weight is 374 g/mol. The number of carboxylic acid groups (broad SMARTS) is 1. The minimum absolute atomic E-state index is 0.0385. The molecule has 0 bridgehead atoms. The number of benzene rings is 1. The first-order valence-electron chi connectivity index (χ1n) is 9.21. The number of rotatable bonds is 7. The molecule has 0 unspecified atom stereocenters. The van der Waals surface area contributed by atoms with Gasteiger partial charge in [0.05, 0.1) is 6.20 Å². The van der Waals surface area contributed by atoms with E-state index in [0.717, 1.165) is 24.9 Å². The number of likely N-dealkylation sites (tertiary alicyclic amines) is 1. The van der Waals surface area contributed by atoms with E-state index in [9.17, 15) is 14.0 Å². The van der Waals surface area contributed by atoms with E-state index >= 15 is 0 Å². The van der Waals surface area contributed by atoms with Crippen LogP contribution in [0.4, 0.5) is 4.39 Å². The average Bonchev–Trinajstić information content (AvgIpc) is 3.14. The van der Waals surface area contributed by atoms with Crippen LogP contribution in [0.3, 0.4) is 0 Å². The van der Waals surface area contributed by atoms with Crippen molar-refractivity contribution in [2.45, 2.75) is 38.5 Å². The molecular formula is C20H23FN2O4. The van der Waals surface area contributed by atoms with E-state index in [1.54, 1.807) is 18.3 Å². The number of oxazole rings is 1. The van der Waals surface area contributed by atoms with Crippen LogP contribution in [0.25, 0.3) is 11.3 Å². The summed E-state index contributed by atoms with van der Waals surface area (Å²) in [4.78, 5) is 29.2. The summed E-state index contributed by atoms with van der Waals surface area (Å²) in [7, 11) is 0. The number of aromatic nitrogens is 1. The zero-order valence-electron chi connectivity index (χ0n) is 15.1. The molecule has 1 atom stereocenters. The fourth-order valence-corrected chi connectivity index (χ4v) is 3.40. The fourth-order valence-electron chi connectivity index (χ4n) is 3.40. The van der Waals surface area contributed by atoms with Gasteiger partial charge in [0.15, 0.2) is 11.7 Å². The summed E-state index contributed by atoms with van der Waals surface area (Å²) in [5.41, 5.74) is 0.735. The first-order chi connectivity index (χ1) is 13.0. The Hall–Kier alpha value is -2.70. The number of hydrogen-bond acceptors (Lipinski definition) is 4. The summed E-state index contributed by atoms with van der Waals surface area (Å²) >= 11 is 0. The lowest BCUT2D eigenvalue weighted by molar-refractivity contribution is -0.137. The smallest absolute Gasteiger partial charge is 0.303 e. The maximum absolute atomic E-state index is 13.0. The van der Waals surface area contributed by atoms with Crippen molar-refractivity contribution in [1.29, 1.82) is 0 Å². The molecule has 1 saturated heterocycles. The lowest BCUT2D eigenvalue weighted by Gasteiger charge is -2.32. The van der Waals surface area contributed by atoms with Crippen molar-refractivity contribution in [2.24, 2.45) is 5.92 Å².